The lowest BCUT2D eigenvalue weighted by molar-refractivity contribution is 0.228. The third kappa shape index (κ3) is 1.38. The summed E-state index contributed by atoms with van der Waals surface area (Å²) in [5.41, 5.74) is 3.21. The first kappa shape index (κ1) is 6.87. The zero-order valence-electron chi connectivity index (χ0n) is 5.45. The third-order valence-corrected chi connectivity index (χ3v) is 1.16. The predicted octanol–water partition coefficient (Wildman–Crippen LogP) is 1.65. The highest BCUT2D eigenvalue weighted by atomic mass is 16.3. The van der Waals surface area contributed by atoms with Gasteiger partial charge in [0, 0.05) is 5.56 Å². The summed E-state index contributed by atoms with van der Waals surface area (Å²) in [6, 6.07) is 1.69. The van der Waals surface area contributed by atoms with E-state index < -0.39 is 6.10 Å². The maximum absolute atomic E-state index is 9.19. The molecular weight excluding hydrogens is 128 g/mol. The molecule has 1 N–H and O–H groups in total. The van der Waals surface area contributed by atoms with E-state index in [9.17, 15) is 5.11 Å². The monoisotopic (exact) mass is 136 g/mol. The lowest BCUT2D eigenvalue weighted by Gasteiger charge is -1.96. The molecule has 2 heteroatoms. The van der Waals surface area contributed by atoms with Crippen molar-refractivity contribution in [1.29, 1.82) is 0 Å². The van der Waals surface area contributed by atoms with Crippen molar-refractivity contribution in [3.8, 4) is 0 Å². The van der Waals surface area contributed by atoms with Crippen LogP contribution in [0, 0.1) is 0 Å². The average Bonchev–Trinajstić information content (AvgIpc) is 2.38. The third-order valence-electron chi connectivity index (χ3n) is 1.16. The predicted molar refractivity (Wildman–Crippen MR) is 37.4 cm³/mol. The molecule has 52 valence electrons. The largest absolute Gasteiger partial charge is 0.472 e. The van der Waals surface area contributed by atoms with Crippen LogP contribution in [0.25, 0.3) is 0 Å². The van der Waals surface area contributed by atoms with E-state index >= 15 is 0 Å². The van der Waals surface area contributed by atoms with Gasteiger partial charge in [0.25, 0.3) is 0 Å². The second kappa shape index (κ2) is 3.06. The minimum absolute atomic E-state index is 0.642. The Hall–Kier alpha value is -1.24. The summed E-state index contributed by atoms with van der Waals surface area (Å²) in [5.74, 6) is 0. The summed E-state index contributed by atoms with van der Waals surface area (Å²) in [7, 11) is 0. The van der Waals surface area contributed by atoms with Crippen LogP contribution in [-0.4, -0.2) is 5.11 Å². The maximum Gasteiger partial charge on any atom is 0.108 e. The van der Waals surface area contributed by atoms with Crippen LogP contribution in [0.15, 0.2) is 41.4 Å². The Labute approximate surface area is 59.1 Å². The molecule has 1 aromatic heterocycles. The first-order valence-electron chi connectivity index (χ1n) is 2.90. The molecule has 0 radical (unpaired) electrons. The van der Waals surface area contributed by atoms with E-state index in [-0.39, 0.29) is 0 Å². The molecule has 0 saturated heterocycles. The van der Waals surface area contributed by atoms with Crippen LogP contribution in [0.1, 0.15) is 11.7 Å². The molecule has 0 fully saturated rings. The summed E-state index contributed by atoms with van der Waals surface area (Å²) < 4.78 is 4.75. The molecule has 0 aliphatic carbocycles. The molecule has 0 aliphatic heterocycles. The summed E-state index contributed by atoms with van der Waals surface area (Å²) in [4.78, 5) is 0. The molecule has 0 amide bonds. The van der Waals surface area contributed by atoms with Gasteiger partial charge in [-0.25, -0.2) is 0 Å². The van der Waals surface area contributed by atoms with Crippen molar-refractivity contribution in [2.45, 2.75) is 6.10 Å². The molecule has 1 rings (SSSR count). The second-order valence-electron chi connectivity index (χ2n) is 1.87. The molecule has 1 atom stereocenters. The molecule has 0 aliphatic rings. The molecule has 0 saturated carbocycles. The molecule has 2 nitrogen and oxygen atoms in total. The van der Waals surface area contributed by atoms with E-state index in [1.807, 2.05) is 0 Å². The summed E-state index contributed by atoms with van der Waals surface area (Å²) in [6.07, 6.45) is 3.81. The summed E-state index contributed by atoms with van der Waals surface area (Å²) in [5, 5.41) is 9.19. The van der Waals surface area contributed by atoms with Crippen molar-refractivity contribution in [2.75, 3.05) is 0 Å². The molecule has 0 bridgehead atoms. The summed E-state index contributed by atoms with van der Waals surface area (Å²) in [6.45, 7) is 3.34. The van der Waals surface area contributed by atoms with Gasteiger partial charge in [-0.2, -0.15) is 0 Å². The van der Waals surface area contributed by atoms with Gasteiger partial charge in [0.15, 0.2) is 0 Å². The van der Waals surface area contributed by atoms with Crippen LogP contribution in [0.2, 0.25) is 0 Å². The molecular formula is C8H8O2. The second-order valence-corrected chi connectivity index (χ2v) is 1.87. The van der Waals surface area contributed by atoms with Crippen LogP contribution < -0.4 is 0 Å². The van der Waals surface area contributed by atoms with E-state index in [0.717, 1.165) is 5.56 Å². The normalized spacial score (nSPS) is 12.1. The number of aliphatic hydroxyl groups is 1. The average molecular weight is 136 g/mol. The molecule has 1 aromatic rings. The maximum atomic E-state index is 9.19. The zero-order chi connectivity index (χ0) is 7.40. The number of rotatable bonds is 2. The Morgan fingerprint density at radius 2 is 2.60 bits per heavy atom. The van der Waals surface area contributed by atoms with E-state index in [0.29, 0.717) is 0 Å². The van der Waals surface area contributed by atoms with Crippen LogP contribution >= 0.6 is 0 Å². The highest BCUT2D eigenvalue weighted by Gasteiger charge is 2.02. The van der Waals surface area contributed by atoms with E-state index in [4.69, 9.17) is 4.42 Å². The van der Waals surface area contributed by atoms with Crippen molar-refractivity contribution in [1.82, 2.24) is 0 Å². The highest BCUT2D eigenvalue weighted by molar-refractivity contribution is 5.13. The van der Waals surface area contributed by atoms with E-state index in [1.165, 1.54) is 18.6 Å². The van der Waals surface area contributed by atoms with Gasteiger partial charge in [0.05, 0.1) is 12.5 Å². The molecule has 0 spiro atoms. The fraction of sp³-hybridized carbons (Fsp3) is 0.125. The number of hydrogen-bond donors (Lipinski definition) is 1. The Balaban J connectivity index is 2.76. The van der Waals surface area contributed by atoms with Gasteiger partial charge in [-0.1, -0.05) is 6.58 Å². The van der Waals surface area contributed by atoms with Gasteiger partial charge in [-0.05, 0) is 12.1 Å². The molecule has 1 heterocycles. The number of aliphatic hydroxyl groups excluding tert-OH is 1. The van der Waals surface area contributed by atoms with Gasteiger partial charge >= 0.3 is 0 Å². The van der Waals surface area contributed by atoms with Gasteiger partial charge in [-0.3, -0.25) is 0 Å². The van der Waals surface area contributed by atoms with Gasteiger partial charge < -0.3 is 9.52 Å². The molecule has 1 unspecified atom stereocenters. The van der Waals surface area contributed by atoms with Crippen LogP contribution in [0.3, 0.4) is 0 Å². The zero-order valence-corrected chi connectivity index (χ0v) is 5.45. The first-order chi connectivity index (χ1) is 4.84. The fourth-order valence-electron chi connectivity index (χ4n) is 0.651. The van der Waals surface area contributed by atoms with Gasteiger partial charge in [0.2, 0.25) is 0 Å². The minimum Gasteiger partial charge on any atom is -0.472 e. The van der Waals surface area contributed by atoms with Crippen LogP contribution in [0.4, 0.5) is 0 Å². The van der Waals surface area contributed by atoms with Crippen molar-refractivity contribution in [2.24, 2.45) is 0 Å². The first-order valence-corrected chi connectivity index (χ1v) is 2.90. The standard InChI is InChI=1S/C8H8O2/c1-2-3-8(9)7-4-5-10-6-7/h3-6,8-9H,1H2. The van der Waals surface area contributed by atoms with Crippen molar-refractivity contribution in [3.05, 3.63) is 42.5 Å². The Bertz CT molecular complexity index is 230. The van der Waals surface area contributed by atoms with E-state index in [2.05, 4.69) is 12.3 Å². The topological polar surface area (TPSA) is 33.4 Å². The Morgan fingerprint density at radius 1 is 1.80 bits per heavy atom. The van der Waals surface area contributed by atoms with Crippen molar-refractivity contribution < 1.29 is 9.52 Å². The minimum atomic E-state index is -0.642. The fourth-order valence-corrected chi connectivity index (χ4v) is 0.651. The van der Waals surface area contributed by atoms with Gasteiger partial charge in [-0.15, -0.1) is 5.73 Å². The molecule has 0 aromatic carbocycles. The SMILES string of the molecule is C=C=CC(O)c1ccoc1. The van der Waals surface area contributed by atoms with Crippen LogP contribution in [0.5, 0.6) is 0 Å². The highest BCUT2D eigenvalue weighted by Crippen LogP contribution is 2.12. The van der Waals surface area contributed by atoms with Gasteiger partial charge in [0.1, 0.15) is 6.10 Å². The van der Waals surface area contributed by atoms with E-state index in [1.54, 1.807) is 6.07 Å². The van der Waals surface area contributed by atoms with Crippen LogP contribution in [-0.2, 0) is 0 Å². The summed E-state index contributed by atoms with van der Waals surface area (Å²) >= 11 is 0. The number of furan rings is 1. The quantitative estimate of drug-likeness (QED) is 0.627. The smallest absolute Gasteiger partial charge is 0.108 e. The number of hydrogen-bond acceptors (Lipinski definition) is 2. The molecule has 10 heavy (non-hydrogen) atoms. The Kier molecular flexibility index (Phi) is 2.11. The lowest BCUT2D eigenvalue weighted by Crippen LogP contribution is -1.87. The Morgan fingerprint density at radius 3 is 3.10 bits per heavy atom. The van der Waals surface area contributed by atoms with Crippen molar-refractivity contribution in [3.63, 3.8) is 0 Å². The lowest BCUT2D eigenvalue weighted by atomic mass is 10.2. The van der Waals surface area contributed by atoms with Crippen molar-refractivity contribution >= 4 is 0 Å².